The van der Waals surface area contributed by atoms with Crippen molar-refractivity contribution >= 4 is 38.2 Å². The zero-order valence-corrected chi connectivity index (χ0v) is 13.6. The second-order valence-electron chi connectivity index (χ2n) is 5.64. The van der Waals surface area contributed by atoms with Crippen molar-refractivity contribution in [1.29, 1.82) is 0 Å². The van der Waals surface area contributed by atoms with E-state index >= 15 is 0 Å². The third kappa shape index (κ3) is 2.52. The van der Waals surface area contributed by atoms with Crippen LogP contribution in [0.2, 0.25) is 0 Å². The highest BCUT2D eigenvalue weighted by molar-refractivity contribution is 7.21. The van der Waals surface area contributed by atoms with Crippen LogP contribution in [-0.4, -0.2) is 16.9 Å². The van der Waals surface area contributed by atoms with Gasteiger partial charge in [0.2, 0.25) is 0 Å². The van der Waals surface area contributed by atoms with E-state index in [9.17, 15) is 9.59 Å². The van der Waals surface area contributed by atoms with E-state index in [0.29, 0.717) is 10.3 Å². The molecule has 1 atom stereocenters. The molecule has 22 heavy (non-hydrogen) atoms. The molecular weight excluding hydrogens is 296 g/mol. The molecular formula is C17H18N2O2S. The predicted octanol–water partition coefficient (Wildman–Crippen LogP) is 3.58. The maximum Gasteiger partial charge on any atom is 0.261 e. The molecule has 0 fully saturated rings. The number of thiophene rings is 1. The van der Waals surface area contributed by atoms with Gasteiger partial charge in [-0.1, -0.05) is 18.6 Å². The molecule has 0 aliphatic heterocycles. The van der Waals surface area contributed by atoms with Crippen LogP contribution < -0.4 is 10.9 Å². The summed E-state index contributed by atoms with van der Waals surface area (Å²) in [6.07, 6.45) is 0.874. The molecule has 0 saturated carbocycles. The number of amides is 1. The van der Waals surface area contributed by atoms with Crippen molar-refractivity contribution in [3.05, 3.63) is 45.1 Å². The SMILES string of the molecule is CC[C@H](C)NC(=O)c1cc2c(=O)[nH]c3ccc(C)cc3c2s1. The molecule has 114 valence electrons. The van der Waals surface area contributed by atoms with Crippen molar-refractivity contribution < 1.29 is 4.79 Å². The summed E-state index contributed by atoms with van der Waals surface area (Å²) < 4.78 is 0.872. The molecule has 0 saturated heterocycles. The van der Waals surface area contributed by atoms with Crippen LogP contribution >= 0.6 is 11.3 Å². The van der Waals surface area contributed by atoms with E-state index in [1.54, 1.807) is 6.07 Å². The largest absolute Gasteiger partial charge is 0.349 e. The van der Waals surface area contributed by atoms with Crippen molar-refractivity contribution in [1.82, 2.24) is 10.3 Å². The molecule has 0 aliphatic carbocycles. The molecule has 1 amide bonds. The molecule has 5 heteroatoms. The standard InChI is InChI=1S/C17H18N2O2S/c1-4-10(3)18-17(21)14-8-12-15(22-14)11-7-9(2)5-6-13(11)19-16(12)20/h5-8,10H,4H2,1-3H3,(H,18,21)(H,19,20)/t10-/m0/s1. The van der Waals surface area contributed by atoms with Gasteiger partial charge in [0.05, 0.1) is 10.3 Å². The fourth-order valence-corrected chi connectivity index (χ4v) is 3.50. The normalized spacial score (nSPS) is 12.7. The summed E-state index contributed by atoms with van der Waals surface area (Å²) >= 11 is 1.38. The van der Waals surface area contributed by atoms with E-state index in [1.165, 1.54) is 11.3 Å². The minimum atomic E-state index is -0.148. The zero-order chi connectivity index (χ0) is 15.9. The fourth-order valence-electron chi connectivity index (χ4n) is 2.41. The number of pyridine rings is 1. The maximum atomic E-state index is 12.3. The Hall–Kier alpha value is -2.14. The first-order valence-corrected chi connectivity index (χ1v) is 8.18. The molecule has 4 nitrogen and oxygen atoms in total. The molecule has 2 aromatic heterocycles. The van der Waals surface area contributed by atoms with Gasteiger partial charge in [-0.15, -0.1) is 11.3 Å². The molecule has 1 aromatic carbocycles. The fraction of sp³-hybridized carbons (Fsp3) is 0.294. The molecule has 0 aliphatic rings. The number of rotatable bonds is 3. The Morgan fingerprint density at radius 1 is 1.32 bits per heavy atom. The number of carbonyl (C=O) groups excluding carboxylic acids is 1. The number of aryl methyl sites for hydroxylation is 1. The average Bonchev–Trinajstić information content (AvgIpc) is 2.94. The Morgan fingerprint density at radius 3 is 2.82 bits per heavy atom. The van der Waals surface area contributed by atoms with Gasteiger partial charge in [0.1, 0.15) is 0 Å². The van der Waals surface area contributed by atoms with Gasteiger partial charge in [-0.05, 0) is 38.5 Å². The Kier molecular flexibility index (Phi) is 3.74. The molecule has 2 heterocycles. The molecule has 0 bridgehead atoms. The van der Waals surface area contributed by atoms with E-state index in [1.807, 2.05) is 39.0 Å². The Bertz CT molecular complexity index is 923. The van der Waals surface area contributed by atoms with Crippen molar-refractivity contribution in [3.63, 3.8) is 0 Å². The number of aromatic amines is 1. The number of nitrogens with one attached hydrogen (secondary N) is 2. The third-order valence-electron chi connectivity index (χ3n) is 3.86. The predicted molar refractivity (Wildman–Crippen MR) is 91.9 cm³/mol. The van der Waals surface area contributed by atoms with Crippen LogP contribution in [0, 0.1) is 6.92 Å². The smallest absolute Gasteiger partial charge is 0.261 e. The summed E-state index contributed by atoms with van der Waals surface area (Å²) in [5.41, 5.74) is 1.78. The van der Waals surface area contributed by atoms with Crippen LogP contribution in [0.3, 0.4) is 0 Å². The highest BCUT2D eigenvalue weighted by Gasteiger charge is 2.15. The molecule has 0 radical (unpaired) electrons. The van der Waals surface area contributed by atoms with Gasteiger partial charge in [0.15, 0.2) is 0 Å². The lowest BCUT2D eigenvalue weighted by molar-refractivity contribution is 0.0943. The van der Waals surface area contributed by atoms with Crippen molar-refractivity contribution in [2.75, 3.05) is 0 Å². The Labute approximate surface area is 132 Å². The van der Waals surface area contributed by atoms with Crippen LogP contribution in [0.1, 0.15) is 35.5 Å². The van der Waals surface area contributed by atoms with Crippen molar-refractivity contribution in [2.24, 2.45) is 0 Å². The average molecular weight is 314 g/mol. The topological polar surface area (TPSA) is 62.0 Å². The lowest BCUT2D eigenvalue weighted by Crippen LogP contribution is -2.31. The van der Waals surface area contributed by atoms with E-state index in [4.69, 9.17) is 0 Å². The first-order chi connectivity index (χ1) is 10.5. The number of fused-ring (bicyclic) bond motifs is 3. The number of aromatic nitrogens is 1. The summed E-state index contributed by atoms with van der Waals surface area (Å²) in [5, 5.41) is 4.51. The minimum Gasteiger partial charge on any atom is -0.349 e. The van der Waals surface area contributed by atoms with Crippen LogP contribution in [0.25, 0.3) is 21.0 Å². The van der Waals surface area contributed by atoms with Crippen LogP contribution in [-0.2, 0) is 0 Å². The third-order valence-corrected chi connectivity index (χ3v) is 5.03. The van der Waals surface area contributed by atoms with Crippen molar-refractivity contribution in [3.8, 4) is 0 Å². The number of H-pyrrole nitrogens is 1. The molecule has 3 rings (SSSR count). The molecule has 2 N–H and O–H groups in total. The Balaban J connectivity index is 2.18. The monoisotopic (exact) mass is 314 g/mol. The first-order valence-electron chi connectivity index (χ1n) is 7.36. The number of benzene rings is 1. The van der Waals surface area contributed by atoms with E-state index in [0.717, 1.165) is 27.6 Å². The summed E-state index contributed by atoms with van der Waals surface area (Å²) in [6.45, 7) is 6.01. The highest BCUT2D eigenvalue weighted by atomic mass is 32.1. The highest BCUT2D eigenvalue weighted by Crippen LogP contribution is 2.30. The number of hydrogen-bond donors (Lipinski definition) is 2. The van der Waals surface area contributed by atoms with E-state index < -0.39 is 0 Å². The summed E-state index contributed by atoms with van der Waals surface area (Å²) in [5.74, 6) is -0.115. The second kappa shape index (κ2) is 5.57. The van der Waals surface area contributed by atoms with Crippen LogP contribution in [0.15, 0.2) is 29.1 Å². The lowest BCUT2D eigenvalue weighted by atomic mass is 10.1. The summed E-state index contributed by atoms with van der Waals surface area (Å²) in [4.78, 5) is 28.0. The lowest BCUT2D eigenvalue weighted by Gasteiger charge is -2.09. The van der Waals surface area contributed by atoms with Gasteiger partial charge < -0.3 is 10.3 Å². The maximum absolute atomic E-state index is 12.3. The first kappa shape index (κ1) is 14.8. The van der Waals surface area contributed by atoms with Gasteiger partial charge in [0.25, 0.3) is 11.5 Å². The quantitative estimate of drug-likeness (QED) is 0.776. The second-order valence-corrected chi connectivity index (χ2v) is 6.69. The summed E-state index contributed by atoms with van der Waals surface area (Å²) in [7, 11) is 0. The van der Waals surface area contributed by atoms with Crippen LogP contribution in [0.4, 0.5) is 0 Å². The van der Waals surface area contributed by atoms with Gasteiger partial charge in [-0.25, -0.2) is 0 Å². The van der Waals surface area contributed by atoms with Gasteiger partial charge in [-0.2, -0.15) is 0 Å². The van der Waals surface area contributed by atoms with Crippen LogP contribution in [0.5, 0.6) is 0 Å². The van der Waals surface area contributed by atoms with E-state index in [-0.39, 0.29) is 17.5 Å². The molecule has 0 unspecified atom stereocenters. The zero-order valence-electron chi connectivity index (χ0n) is 12.8. The van der Waals surface area contributed by atoms with Gasteiger partial charge >= 0.3 is 0 Å². The molecule has 0 spiro atoms. The summed E-state index contributed by atoms with van der Waals surface area (Å²) in [6, 6.07) is 7.73. The Morgan fingerprint density at radius 2 is 2.09 bits per heavy atom. The number of carbonyl (C=O) groups is 1. The van der Waals surface area contributed by atoms with Crippen molar-refractivity contribution in [2.45, 2.75) is 33.2 Å². The molecule has 3 aromatic rings. The minimum absolute atomic E-state index is 0.115. The number of hydrogen-bond acceptors (Lipinski definition) is 3. The van der Waals surface area contributed by atoms with E-state index in [2.05, 4.69) is 10.3 Å². The van der Waals surface area contributed by atoms with Gasteiger partial charge in [-0.3, -0.25) is 9.59 Å². The van der Waals surface area contributed by atoms with Gasteiger partial charge in [0, 0.05) is 21.6 Å².